The van der Waals surface area contributed by atoms with E-state index in [0.717, 1.165) is 25.9 Å². The van der Waals surface area contributed by atoms with Gasteiger partial charge in [0.15, 0.2) is 0 Å². The van der Waals surface area contributed by atoms with Crippen molar-refractivity contribution in [2.75, 3.05) is 13.1 Å². The molecule has 0 aromatic carbocycles. The van der Waals surface area contributed by atoms with Gasteiger partial charge in [0.05, 0.1) is 0 Å². The first-order chi connectivity index (χ1) is 8.16. The molecule has 2 heterocycles. The summed E-state index contributed by atoms with van der Waals surface area (Å²) in [7, 11) is 0. The SMILES string of the molecule is CC(N)C1CCN(C(=O)Cn2cccn2)CC1.Cl.Cl. The molecule has 1 unspecified atom stereocenters. The second-order valence-electron chi connectivity index (χ2n) is 4.78. The molecule has 1 amide bonds. The molecule has 1 aromatic rings. The van der Waals surface area contributed by atoms with E-state index in [1.165, 1.54) is 0 Å². The van der Waals surface area contributed by atoms with Gasteiger partial charge in [-0.2, -0.15) is 5.10 Å². The van der Waals surface area contributed by atoms with Crippen molar-refractivity contribution in [2.24, 2.45) is 11.7 Å². The molecular weight excluding hydrogens is 287 g/mol. The molecule has 0 bridgehead atoms. The van der Waals surface area contributed by atoms with Crippen LogP contribution in [-0.2, 0) is 11.3 Å². The highest BCUT2D eigenvalue weighted by molar-refractivity contribution is 5.85. The number of rotatable bonds is 3. The van der Waals surface area contributed by atoms with Gasteiger partial charge in [-0.15, -0.1) is 24.8 Å². The zero-order valence-electron chi connectivity index (χ0n) is 11.1. The second-order valence-corrected chi connectivity index (χ2v) is 4.78. The molecule has 7 heteroatoms. The van der Waals surface area contributed by atoms with Crippen LogP contribution in [-0.4, -0.2) is 39.7 Å². The Morgan fingerprint density at radius 2 is 2.05 bits per heavy atom. The number of hydrogen-bond donors (Lipinski definition) is 1. The third kappa shape index (κ3) is 5.01. The molecular formula is C12H22Cl2N4O. The first-order valence-corrected chi connectivity index (χ1v) is 6.17. The summed E-state index contributed by atoms with van der Waals surface area (Å²) < 4.78 is 1.67. The van der Waals surface area contributed by atoms with Crippen LogP contribution in [0.1, 0.15) is 19.8 Å². The normalized spacial score (nSPS) is 17.3. The number of amides is 1. The van der Waals surface area contributed by atoms with Crippen LogP contribution in [0.15, 0.2) is 18.5 Å². The molecule has 19 heavy (non-hydrogen) atoms. The van der Waals surface area contributed by atoms with Gasteiger partial charge in [0.2, 0.25) is 5.91 Å². The van der Waals surface area contributed by atoms with Gasteiger partial charge in [0, 0.05) is 31.5 Å². The molecule has 1 saturated heterocycles. The maximum absolute atomic E-state index is 12.0. The molecule has 1 aliphatic heterocycles. The number of aromatic nitrogens is 2. The smallest absolute Gasteiger partial charge is 0.244 e. The minimum atomic E-state index is 0. The lowest BCUT2D eigenvalue weighted by Gasteiger charge is -2.33. The molecule has 0 spiro atoms. The van der Waals surface area contributed by atoms with Crippen LogP contribution in [0, 0.1) is 5.92 Å². The van der Waals surface area contributed by atoms with Crippen LogP contribution in [0.4, 0.5) is 0 Å². The molecule has 110 valence electrons. The molecule has 1 fully saturated rings. The van der Waals surface area contributed by atoms with Crippen molar-refractivity contribution >= 4 is 30.7 Å². The third-order valence-electron chi connectivity index (χ3n) is 3.49. The van der Waals surface area contributed by atoms with E-state index >= 15 is 0 Å². The van der Waals surface area contributed by atoms with Crippen LogP contribution in [0.3, 0.4) is 0 Å². The van der Waals surface area contributed by atoms with Crippen molar-refractivity contribution in [3.05, 3.63) is 18.5 Å². The van der Waals surface area contributed by atoms with Gasteiger partial charge in [-0.3, -0.25) is 9.48 Å². The predicted octanol–water partition coefficient (Wildman–Crippen LogP) is 1.31. The zero-order chi connectivity index (χ0) is 12.3. The van der Waals surface area contributed by atoms with Crippen molar-refractivity contribution in [1.29, 1.82) is 0 Å². The predicted molar refractivity (Wildman–Crippen MR) is 79.7 cm³/mol. The average Bonchev–Trinajstić information content (AvgIpc) is 2.82. The monoisotopic (exact) mass is 308 g/mol. The standard InChI is InChI=1S/C12H20N4O.2ClH/c1-10(13)11-3-7-15(8-4-11)12(17)9-16-6-2-5-14-16;;/h2,5-6,10-11H,3-4,7-9,13H2,1H3;2*1H. The average molecular weight is 309 g/mol. The van der Waals surface area contributed by atoms with Crippen LogP contribution < -0.4 is 5.73 Å². The van der Waals surface area contributed by atoms with Crippen LogP contribution in [0.25, 0.3) is 0 Å². The number of nitrogens with zero attached hydrogens (tertiary/aromatic N) is 3. The maximum atomic E-state index is 12.0. The Morgan fingerprint density at radius 3 is 2.53 bits per heavy atom. The van der Waals surface area contributed by atoms with Gasteiger partial charge in [0.1, 0.15) is 6.54 Å². The van der Waals surface area contributed by atoms with Gasteiger partial charge < -0.3 is 10.6 Å². The van der Waals surface area contributed by atoms with Gasteiger partial charge >= 0.3 is 0 Å². The van der Waals surface area contributed by atoms with Crippen LogP contribution in [0.2, 0.25) is 0 Å². The minimum absolute atomic E-state index is 0. The second kappa shape index (κ2) is 8.40. The summed E-state index contributed by atoms with van der Waals surface area (Å²) in [5, 5.41) is 4.04. The van der Waals surface area contributed by atoms with E-state index in [1.54, 1.807) is 10.9 Å². The molecule has 1 atom stereocenters. The number of hydrogen-bond acceptors (Lipinski definition) is 3. The zero-order valence-corrected chi connectivity index (χ0v) is 12.7. The lowest BCUT2D eigenvalue weighted by molar-refractivity contribution is -0.133. The summed E-state index contributed by atoms with van der Waals surface area (Å²) in [5.74, 6) is 0.709. The van der Waals surface area contributed by atoms with Crippen LogP contribution in [0.5, 0.6) is 0 Å². The number of piperidine rings is 1. The van der Waals surface area contributed by atoms with E-state index in [9.17, 15) is 4.79 Å². The highest BCUT2D eigenvalue weighted by Crippen LogP contribution is 2.19. The Bertz CT molecular complexity index is 362. The van der Waals surface area contributed by atoms with Crippen LogP contribution >= 0.6 is 24.8 Å². The van der Waals surface area contributed by atoms with E-state index in [-0.39, 0.29) is 36.8 Å². The molecule has 0 radical (unpaired) electrons. The lowest BCUT2D eigenvalue weighted by atomic mass is 9.91. The molecule has 2 N–H and O–H groups in total. The Kier molecular flexibility index (Phi) is 8.06. The summed E-state index contributed by atoms with van der Waals surface area (Å²) in [4.78, 5) is 13.9. The number of carbonyl (C=O) groups excluding carboxylic acids is 1. The largest absolute Gasteiger partial charge is 0.341 e. The fraction of sp³-hybridized carbons (Fsp3) is 0.667. The Morgan fingerprint density at radius 1 is 1.42 bits per heavy atom. The fourth-order valence-corrected chi connectivity index (χ4v) is 2.31. The Balaban J connectivity index is 0.00000162. The van der Waals surface area contributed by atoms with Gasteiger partial charge in [-0.1, -0.05) is 0 Å². The van der Waals surface area contributed by atoms with Crippen molar-refractivity contribution in [3.63, 3.8) is 0 Å². The molecule has 0 saturated carbocycles. The lowest BCUT2D eigenvalue weighted by Crippen LogP contribution is -2.43. The summed E-state index contributed by atoms with van der Waals surface area (Å²) in [6, 6.07) is 2.06. The van der Waals surface area contributed by atoms with Gasteiger partial charge in [-0.05, 0) is 31.7 Å². The first-order valence-electron chi connectivity index (χ1n) is 6.17. The van der Waals surface area contributed by atoms with E-state index in [2.05, 4.69) is 5.10 Å². The minimum Gasteiger partial charge on any atom is -0.341 e. The Labute approximate surface area is 126 Å². The molecule has 5 nitrogen and oxygen atoms in total. The highest BCUT2D eigenvalue weighted by Gasteiger charge is 2.24. The van der Waals surface area contributed by atoms with Crippen molar-refractivity contribution in [3.8, 4) is 0 Å². The quantitative estimate of drug-likeness (QED) is 0.916. The van der Waals surface area contributed by atoms with E-state index in [4.69, 9.17) is 5.73 Å². The van der Waals surface area contributed by atoms with Crippen molar-refractivity contribution in [1.82, 2.24) is 14.7 Å². The summed E-state index contributed by atoms with van der Waals surface area (Å²) in [6.07, 6.45) is 5.53. The number of halogens is 2. The van der Waals surface area contributed by atoms with Gasteiger partial charge in [-0.25, -0.2) is 0 Å². The highest BCUT2D eigenvalue weighted by atomic mass is 35.5. The number of nitrogens with two attached hydrogens (primary N) is 1. The third-order valence-corrected chi connectivity index (χ3v) is 3.49. The van der Waals surface area contributed by atoms with Gasteiger partial charge in [0.25, 0.3) is 0 Å². The Hall–Kier alpha value is -0.780. The summed E-state index contributed by atoms with van der Waals surface area (Å²) in [6.45, 7) is 4.04. The van der Waals surface area contributed by atoms with E-state index in [1.807, 2.05) is 24.1 Å². The first kappa shape index (κ1) is 18.2. The number of carbonyl (C=O) groups is 1. The van der Waals surface area contributed by atoms with E-state index < -0.39 is 0 Å². The topological polar surface area (TPSA) is 64.2 Å². The molecule has 0 aliphatic carbocycles. The van der Waals surface area contributed by atoms with Crippen molar-refractivity contribution in [2.45, 2.75) is 32.4 Å². The number of likely N-dealkylation sites (tertiary alicyclic amines) is 1. The molecule has 1 aliphatic rings. The van der Waals surface area contributed by atoms with Crippen molar-refractivity contribution < 1.29 is 4.79 Å². The van der Waals surface area contributed by atoms with E-state index in [0.29, 0.717) is 12.5 Å². The fourth-order valence-electron chi connectivity index (χ4n) is 2.31. The summed E-state index contributed by atoms with van der Waals surface area (Å²) in [5.41, 5.74) is 5.88. The maximum Gasteiger partial charge on any atom is 0.244 e. The molecule has 2 rings (SSSR count). The summed E-state index contributed by atoms with van der Waals surface area (Å²) >= 11 is 0. The molecule has 1 aromatic heterocycles.